The zero-order valence-corrected chi connectivity index (χ0v) is 15.0. The van der Waals surface area contributed by atoms with Gasteiger partial charge in [-0.05, 0) is 37.8 Å². The van der Waals surface area contributed by atoms with Crippen LogP contribution in [0.25, 0.3) is 10.9 Å². The van der Waals surface area contributed by atoms with E-state index in [0.29, 0.717) is 11.4 Å². The zero-order chi connectivity index (χ0) is 18.3. The van der Waals surface area contributed by atoms with Gasteiger partial charge >= 0.3 is 0 Å². The molecule has 2 heterocycles. The van der Waals surface area contributed by atoms with Gasteiger partial charge in [0, 0.05) is 12.2 Å². The third-order valence-corrected chi connectivity index (χ3v) is 4.94. The van der Waals surface area contributed by atoms with Crippen LogP contribution < -0.4 is 10.9 Å². The van der Waals surface area contributed by atoms with Gasteiger partial charge in [0.2, 0.25) is 5.91 Å². The summed E-state index contributed by atoms with van der Waals surface area (Å²) < 4.78 is 3.39. The second-order valence-corrected chi connectivity index (χ2v) is 7.02. The van der Waals surface area contributed by atoms with E-state index in [1.165, 1.54) is 4.68 Å². The molecule has 0 aliphatic heterocycles. The van der Waals surface area contributed by atoms with Crippen molar-refractivity contribution >= 4 is 16.8 Å². The van der Waals surface area contributed by atoms with Gasteiger partial charge in [-0.3, -0.25) is 9.59 Å². The van der Waals surface area contributed by atoms with Crippen LogP contribution in [0.2, 0.25) is 0 Å². The van der Waals surface area contributed by atoms with Gasteiger partial charge in [0.05, 0.1) is 23.1 Å². The molecule has 0 radical (unpaired) electrons. The highest BCUT2D eigenvalue weighted by Gasteiger charge is 2.26. The van der Waals surface area contributed by atoms with Gasteiger partial charge in [-0.15, -0.1) is 0 Å². The van der Waals surface area contributed by atoms with Crippen molar-refractivity contribution < 1.29 is 4.79 Å². The predicted molar refractivity (Wildman–Crippen MR) is 100 cm³/mol. The summed E-state index contributed by atoms with van der Waals surface area (Å²) in [7, 11) is 0. The number of benzene rings is 1. The molecule has 1 aromatic carbocycles. The summed E-state index contributed by atoms with van der Waals surface area (Å²) >= 11 is 0. The van der Waals surface area contributed by atoms with Crippen LogP contribution in [0.4, 0.5) is 0 Å². The maximum absolute atomic E-state index is 12.8. The van der Waals surface area contributed by atoms with E-state index in [-0.39, 0.29) is 24.1 Å². The maximum Gasteiger partial charge on any atom is 0.276 e. The van der Waals surface area contributed by atoms with E-state index >= 15 is 0 Å². The summed E-state index contributed by atoms with van der Waals surface area (Å²) in [6.45, 7) is 3.77. The van der Waals surface area contributed by atoms with Crippen molar-refractivity contribution in [2.45, 2.75) is 45.3 Å². The van der Waals surface area contributed by atoms with Gasteiger partial charge in [-0.25, -0.2) is 4.68 Å². The first-order valence-corrected chi connectivity index (χ1v) is 8.96. The Hall–Kier alpha value is -2.89. The molecule has 0 saturated heterocycles. The first-order chi connectivity index (χ1) is 12.5. The number of carbonyl (C=O) groups is 1. The Balaban J connectivity index is 1.55. The average Bonchev–Trinajstić information content (AvgIpc) is 3.42. The second-order valence-electron chi connectivity index (χ2n) is 7.02. The van der Waals surface area contributed by atoms with Crippen molar-refractivity contribution in [2.24, 2.45) is 0 Å². The number of nitrogens with one attached hydrogen (secondary N) is 1. The van der Waals surface area contributed by atoms with Crippen LogP contribution >= 0.6 is 0 Å². The molecule has 1 N–H and O–H groups in total. The number of rotatable bonds is 5. The first-order valence-electron chi connectivity index (χ1n) is 8.96. The van der Waals surface area contributed by atoms with Crippen molar-refractivity contribution in [3.63, 3.8) is 0 Å². The summed E-state index contributed by atoms with van der Waals surface area (Å²) in [5.74, 6) is -0.227. The lowest BCUT2D eigenvalue weighted by atomic mass is 10.1. The monoisotopic (exact) mass is 350 g/mol. The number of aryl methyl sites for hydroxylation is 1. The Bertz CT molecular complexity index is 1020. The summed E-state index contributed by atoms with van der Waals surface area (Å²) in [6, 6.07) is 10.1. The number of aromatic nitrogens is 3. The third kappa shape index (κ3) is 3.03. The van der Waals surface area contributed by atoms with Crippen molar-refractivity contribution in [1.82, 2.24) is 19.7 Å². The van der Waals surface area contributed by atoms with Gasteiger partial charge < -0.3 is 9.88 Å². The Morgan fingerprint density at radius 2 is 2.04 bits per heavy atom. The van der Waals surface area contributed by atoms with Gasteiger partial charge in [-0.1, -0.05) is 30.3 Å². The van der Waals surface area contributed by atoms with Crippen LogP contribution in [-0.4, -0.2) is 20.3 Å². The fraction of sp³-hybridized carbons (Fsp3) is 0.350. The molecule has 0 bridgehead atoms. The summed E-state index contributed by atoms with van der Waals surface area (Å²) in [5, 5.41) is 7.82. The Morgan fingerprint density at radius 3 is 2.73 bits per heavy atom. The fourth-order valence-corrected chi connectivity index (χ4v) is 3.40. The molecule has 134 valence electrons. The number of fused-ring (bicyclic) bond motifs is 1. The van der Waals surface area contributed by atoms with E-state index in [0.717, 1.165) is 29.5 Å². The Labute approximate surface area is 151 Å². The van der Waals surface area contributed by atoms with Crippen LogP contribution in [0.3, 0.4) is 0 Å². The molecule has 2 aromatic heterocycles. The topological polar surface area (TPSA) is 68.9 Å². The van der Waals surface area contributed by atoms with Crippen molar-refractivity contribution in [3.8, 4) is 0 Å². The molecule has 1 saturated carbocycles. The fourth-order valence-electron chi connectivity index (χ4n) is 3.40. The number of carbonyl (C=O) groups excluding carboxylic acids is 1. The third-order valence-electron chi connectivity index (χ3n) is 4.94. The van der Waals surface area contributed by atoms with Crippen LogP contribution in [0.15, 0.2) is 47.5 Å². The molecule has 6 heteroatoms. The molecule has 26 heavy (non-hydrogen) atoms. The quantitative estimate of drug-likeness (QED) is 0.769. The van der Waals surface area contributed by atoms with Crippen molar-refractivity contribution in [3.05, 3.63) is 64.2 Å². The van der Waals surface area contributed by atoms with E-state index in [2.05, 4.69) is 15.0 Å². The minimum absolute atomic E-state index is 0.0833. The number of nitrogens with zero attached hydrogens (tertiary/aromatic N) is 3. The van der Waals surface area contributed by atoms with Gasteiger partial charge in [0.25, 0.3) is 5.56 Å². The molecule has 1 amide bonds. The molecule has 1 atom stereocenters. The normalized spacial score (nSPS) is 15.2. The number of hydrogen-bond acceptors (Lipinski definition) is 3. The average molecular weight is 350 g/mol. The molecular weight excluding hydrogens is 328 g/mol. The van der Waals surface area contributed by atoms with Gasteiger partial charge in [0.1, 0.15) is 6.54 Å². The molecule has 3 aromatic rings. The highest BCUT2D eigenvalue weighted by atomic mass is 16.2. The maximum atomic E-state index is 12.8. The molecule has 1 aliphatic rings. The number of hydrogen-bond donors (Lipinski definition) is 1. The summed E-state index contributed by atoms with van der Waals surface area (Å²) in [5.41, 5.74) is 2.62. The standard InChI is InChI=1S/C20H22N4O2/c1-13-11-23(16-8-9-16)17-10-21-24(20(26)19(13)17)12-18(25)22-14(2)15-6-4-3-5-7-15/h3-7,10-11,14,16H,8-9,12H2,1-2H3,(H,22,25)/t14-/m0/s1. The second kappa shape index (κ2) is 6.44. The molecule has 4 rings (SSSR count). The van der Waals surface area contributed by atoms with E-state index in [4.69, 9.17) is 0 Å². The van der Waals surface area contributed by atoms with E-state index in [9.17, 15) is 9.59 Å². The van der Waals surface area contributed by atoms with Crippen molar-refractivity contribution in [2.75, 3.05) is 0 Å². The lowest BCUT2D eigenvalue weighted by molar-refractivity contribution is -0.122. The van der Waals surface area contributed by atoms with E-state index in [1.54, 1.807) is 6.20 Å². The smallest absolute Gasteiger partial charge is 0.276 e. The SMILES string of the molecule is Cc1cn(C2CC2)c2cnn(CC(=O)N[C@@H](C)c3ccccc3)c(=O)c12. The highest BCUT2D eigenvalue weighted by molar-refractivity contribution is 5.83. The van der Waals surface area contributed by atoms with Crippen LogP contribution in [0, 0.1) is 6.92 Å². The molecule has 0 unspecified atom stereocenters. The summed E-state index contributed by atoms with van der Waals surface area (Å²) in [6.07, 6.45) is 6.02. The lowest BCUT2D eigenvalue weighted by Crippen LogP contribution is -2.35. The van der Waals surface area contributed by atoms with Gasteiger partial charge in [0.15, 0.2) is 0 Å². The molecular formula is C20H22N4O2. The summed E-state index contributed by atoms with van der Waals surface area (Å²) in [4.78, 5) is 25.2. The first kappa shape index (κ1) is 16.6. The lowest BCUT2D eigenvalue weighted by Gasteiger charge is -2.14. The number of amides is 1. The van der Waals surface area contributed by atoms with Crippen LogP contribution in [0.5, 0.6) is 0 Å². The zero-order valence-electron chi connectivity index (χ0n) is 15.0. The van der Waals surface area contributed by atoms with Crippen LogP contribution in [-0.2, 0) is 11.3 Å². The largest absolute Gasteiger partial charge is 0.348 e. The molecule has 1 fully saturated rings. The van der Waals surface area contributed by atoms with E-state index < -0.39 is 0 Å². The van der Waals surface area contributed by atoms with Crippen LogP contribution in [0.1, 0.15) is 43.0 Å². The Kier molecular flexibility index (Phi) is 4.11. The minimum atomic E-state index is -0.227. The predicted octanol–water partition coefficient (Wildman–Crippen LogP) is 2.72. The molecule has 1 aliphatic carbocycles. The van der Waals surface area contributed by atoms with E-state index in [1.807, 2.05) is 50.4 Å². The highest BCUT2D eigenvalue weighted by Crippen LogP contribution is 2.37. The Morgan fingerprint density at radius 1 is 1.31 bits per heavy atom. The molecule has 0 spiro atoms. The minimum Gasteiger partial charge on any atom is -0.348 e. The molecule has 6 nitrogen and oxygen atoms in total. The van der Waals surface area contributed by atoms with Gasteiger partial charge in [-0.2, -0.15) is 5.10 Å². The van der Waals surface area contributed by atoms with Crippen molar-refractivity contribution in [1.29, 1.82) is 0 Å².